The van der Waals surface area contributed by atoms with Crippen LogP contribution in [-0.2, 0) is 11.3 Å². The third-order valence-electron chi connectivity index (χ3n) is 4.73. The molecule has 2 aromatic rings. The Hall–Kier alpha value is -2.61. The standard InChI is InChI=1S/C21H30N4O4/c1-14(2)18-22-19(29-23-18)15-6-7-17(16(12-15)13-26)24-8-10-25(11-9-24)20(27)28-21(3,4)5/h6-7,12,14,26H,8-11,13H2,1-5H3. The van der Waals surface area contributed by atoms with Gasteiger partial charge in [0.15, 0.2) is 5.82 Å². The molecule has 1 amide bonds. The van der Waals surface area contributed by atoms with Gasteiger partial charge >= 0.3 is 6.09 Å². The zero-order valence-corrected chi connectivity index (χ0v) is 17.8. The lowest BCUT2D eigenvalue weighted by Crippen LogP contribution is -2.50. The number of carbonyl (C=O) groups is 1. The summed E-state index contributed by atoms with van der Waals surface area (Å²) in [5, 5.41) is 13.9. The van der Waals surface area contributed by atoms with Gasteiger partial charge in [0.05, 0.1) is 6.61 Å². The van der Waals surface area contributed by atoms with Crippen molar-refractivity contribution >= 4 is 11.8 Å². The second-order valence-corrected chi connectivity index (χ2v) is 8.57. The summed E-state index contributed by atoms with van der Waals surface area (Å²) < 4.78 is 10.8. The van der Waals surface area contributed by atoms with Gasteiger partial charge in [0.25, 0.3) is 5.89 Å². The number of benzene rings is 1. The van der Waals surface area contributed by atoms with Crippen LogP contribution in [0.15, 0.2) is 22.7 Å². The van der Waals surface area contributed by atoms with E-state index in [1.165, 1.54) is 0 Å². The summed E-state index contributed by atoms with van der Waals surface area (Å²) in [5.74, 6) is 1.29. The number of hydrogen-bond donors (Lipinski definition) is 1. The molecule has 1 fully saturated rings. The number of aromatic nitrogens is 2. The maximum Gasteiger partial charge on any atom is 0.410 e. The fourth-order valence-electron chi connectivity index (χ4n) is 3.20. The summed E-state index contributed by atoms with van der Waals surface area (Å²) in [7, 11) is 0. The Labute approximate surface area is 171 Å². The summed E-state index contributed by atoms with van der Waals surface area (Å²) in [4.78, 5) is 20.6. The minimum atomic E-state index is -0.502. The number of carbonyl (C=O) groups excluding carboxylic acids is 1. The highest BCUT2D eigenvalue weighted by Crippen LogP contribution is 2.28. The van der Waals surface area contributed by atoms with E-state index < -0.39 is 5.60 Å². The minimum Gasteiger partial charge on any atom is -0.444 e. The number of piperazine rings is 1. The van der Waals surface area contributed by atoms with E-state index in [9.17, 15) is 9.90 Å². The van der Waals surface area contributed by atoms with E-state index >= 15 is 0 Å². The third kappa shape index (κ3) is 5.06. The summed E-state index contributed by atoms with van der Waals surface area (Å²) in [5.41, 5.74) is 2.02. The largest absolute Gasteiger partial charge is 0.444 e. The van der Waals surface area contributed by atoms with Crippen LogP contribution in [0, 0.1) is 0 Å². The van der Waals surface area contributed by atoms with Gasteiger partial charge in [-0.15, -0.1) is 0 Å². The lowest BCUT2D eigenvalue weighted by molar-refractivity contribution is 0.0240. The first-order chi connectivity index (χ1) is 13.7. The molecule has 1 aliphatic heterocycles. The molecule has 1 saturated heterocycles. The summed E-state index contributed by atoms with van der Waals surface area (Å²) in [6, 6.07) is 5.77. The fourth-order valence-corrected chi connectivity index (χ4v) is 3.20. The predicted molar refractivity (Wildman–Crippen MR) is 110 cm³/mol. The average Bonchev–Trinajstić information content (AvgIpc) is 3.17. The number of hydrogen-bond acceptors (Lipinski definition) is 7. The minimum absolute atomic E-state index is 0.0966. The molecule has 1 aromatic carbocycles. The van der Waals surface area contributed by atoms with E-state index in [1.54, 1.807) is 4.90 Å². The highest BCUT2D eigenvalue weighted by atomic mass is 16.6. The van der Waals surface area contributed by atoms with Crippen molar-refractivity contribution in [2.45, 2.75) is 52.7 Å². The van der Waals surface area contributed by atoms with Crippen molar-refractivity contribution in [1.29, 1.82) is 0 Å². The molecule has 0 radical (unpaired) electrons. The van der Waals surface area contributed by atoms with Crippen molar-refractivity contribution in [2.24, 2.45) is 0 Å². The number of rotatable bonds is 4. The van der Waals surface area contributed by atoms with E-state index in [1.807, 2.05) is 52.8 Å². The molecule has 8 heteroatoms. The molecule has 0 atom stereocenters. The first-order valence-electron chi connectivity index (χ1n) is 9.98. The van der Waals surface area contributed by atoms with Crippen molar-refractivity contribution < 1.29 is 19.2 Å². The highest BCUT2D eigenvalue weighted by Gasteiger charge is 2.27. The molecule has 1 aliphatic rings. The van der Waals surface area contributed by atoms with E-state index in [2.05, 4.69) is 15.0 Å². The third-order valence-corrected chi connectivity index (χ3v) is 4.73. The Morgan fingerprint density at radius 1 is 1.24 bits per heavy atom. The summed E-state index contributed by atoms with van der Waals surface area (Å²) in [6.45, 7) is 12.0. The predicted octanol–water partition coefficient (Wildman–Crippen LogP) is 3.41. The maximum absolute atomic E-state index is 12.3. The smallest absolute Gasteiger partial charge is 0.410 e. The van der Waals surface area contributed by atoms with E-state index in [4.69, 9.17) is 9.26 Å². The van der Waals surface area contributed by atoms with Crippen molar-refractivity contribution in [3.63, 3.8) is 0 Å². The Balaban J connectivity index is 1.71. The van der Waals surface area contributed by atoms with Crippen molar-refractivity contribution in [1.82, 2.24) is 15.0 Å². The van der Waals surface area contributed by atoms with Crippen LogP contribution in [-0.4, -0.2) is 58.0 Å². The quantitative estimate of drug-likeness (QED) is 0.838. The number of ether oxygens (including phenoxy) is 1. The number of aliphatic hydroxyl groups is 1. The van der Waals surface area contributed by atoms with Crippen molar-refractivity contribution in [2.75, 3.05) is 31.1 Å². The Morgan fingerprint density at radius 3 is 2.48 bits per heavy atom. The molecule has 2 heterocycles. The van der Waals surface area contributed by atoms with Crippen LogP contribution in [0.3, 0.4) is 0 Å². The van der Waals surface area contributed by atoms with Crippen LogP contribution in [0.4, 0.5) is 10.5 Å². The van der Waals surface area contributed by atoms with Gasteiger partial charge in [-0.3, -0.25) is 0 Å². The Morgan fingerprint density at radius 2 is 1.93 bits per heavy atom. The maximum atomic E-state index is 12.3. The van der Waals surface area contributed by atoms with E-state index in [0.717, 1.165) is 16.8 Å². The molecule has 0 bridgehead atoms. The zero-order chi connectivity index (χ0) is 21.2. The van der Waals surface area contributed by atoms with Gasteiger partial charge in [0, 0.05) is 48.9 Å². The van der Waals surface area contributed by atoms with Gasteiger partial charge < -0.3 is 24.2 Å². The topological polar surface area (TPSA) is 91.9 Å². The molecule has 0 aliphatic carbocycles. The Kier molecular flexibility index (Phi) is 6.12. The monoisotopic (exact) mass is 402 g/mol. The molecule has 0 spiro atoms. The number of nitrogens with zero attached hydrogens (tertiary/aromatic N) is 4. The molecular weight excluding hydrogens is 372 g/mol. The lowest BCUT2D eigenvalue weighted by atomic mass is 10.1. The SMILES string of the molecule is CC(C)c1noc(-c2ccc(N3CCN(C(=O)OC(C)(C)C)CC3)c(CO)c2)n1. The molecule has 29 heavy (non-hydrogen) atoms. The highest BCUT2D eigenvalue weighted by molar-refractivity contribution is 5.69. The van der Waals surface area contributed by atoms with Crippen molar-refractivity contribution in [3.8, 4) is 11.5 Å². The summed E-state index contributed by atoms with van der Waals surface area (Å²) >= 11 is 0. The molecule has 1 aromatic heterocycles. The fraction of sp³-hybridized carbons (Fsp3) is 0.571. The van der Waals surface area contributed by atoms with Gasteiger partial charge in [-0.1, -0.05) is 19.0 Å². The molecule has 8 nitrogen and oxygen atoms in total. The van der Waals surface area contributed by atoms with Crippen LogP contribution in [0.25, 0.3) is 11.5 Å². The second kappa shape index (κ2) is 8.41. The first kappa shape index (κ1) is 21.1. The van der Waals surface area contributed by atoms with Gasteiger partial charge in [0.2, 0.25) is 0 Å². The first-order valence-corrected chi connectivity index (χ1v) is 9.98. The summed E-state index contributed by atoms with van der Waals surface area (Å²) in [6.07, 6.45) is -0.285. The van der Waals surface area contributed by atoms with Crippen LogP contribution in [0.1, 0.15) is 51.9 Å². The van der Waals surface area contributed by atoms with Gasteiger partial charge in [-0.05, 0) is 39.0 Å². The van der Waals surface area contributed by atoms with Gasteiger partial charge in [-0.25, -0.2) is 4.79 Å². The normalized spacial score (nSPS) is 15.1. The van der Waals surface area contributed by atoms with Gasteiger partial charge in [0.1, 0.15) is 5.60 Å². The molecule has 0 saturated carbocycles. The molecular formula is C21H30N4O4. The van der Waals surface area contributed by atoms with Crippen molar-refractivity contribution in [3.05, 3.63) is 29.6 Å². The van der Waals surface area contributed by atoms with E-state index in [-0.39, 0.29) is 18.6 Å². The Bertz CT molecular complexity index is 849. The molecule has 3 rings (SSSR count). The lowest BCUT2D eigenvalue weighted by Gasteiger charge is -2.37. The average molecular weight is 402 g/mol. The van der Waals surface area contributed by atoms with Crippen LogP contribution in [0.5, 0.6) is 0 Å². The van der Waals surface area contributed by atoms with E-state index in [0.29, 0.717) is 37.9 Å². The zero-order valence-electron chi connectivity index (χ0n) is 17.8. The number of amides is 1. The molecule has 0 unspecified atom stereocenters. The number of anilines is 1. The van der Waals surface area contributed by atoms with Crippen LogP contribution < -0.4 is 4.90 Å². The molecule has 1 N–H and O–H groups in total. The second-order valence-electron chi connectivity index (χ2n) is 8.57. The molecule has 158 valence electrons. The van der Waals surface area contributed by atoms with Crippen LogP contribution >= 0.6 is 0 Å². The van der Waals surface area contributed by atoms with Gasteiger partial charge in [-0.2, -0.15) is 4.98 Å². The van der Waals surface area contributed by atoms with Crippen LogP contribution in [0.2, 0.25) is 0 Å². The number of aliphatic hydroxyl groups excluding tert-OH is 1.